The molecular weight excluding hydrogens is 424 g/mol. The second-order valence-electron chi connectivity index (χ2n) is 14.7. The van der Waals surface area contributed by atoms with Crippen molar-refractivity contribution < 1.29 is 20.1 Å². The average Bonchev–Trinajstić information content (AvgIpc) is 2.74. The van der Waals surface area contributed by atoms with Gasteiger partial charge in [-0.15, -0.1) is 0 Å². The lowest BCUT2D eigenvalue weighted by Crippen LogP contribution is -2.67. The number of carboxylic acids is 1. The molecule has 10 atom stereocenters. The van der Waals surface area contributed by atoms with Crippen LogP contribution in [-0.2, 0) is 4.79 Å². The van der Waals surface area contributed by atoms with Gasteiger partial charge in [-0.25, -0.2) is 0 Å². The lowest BCUT2D eigenvalue weighted by molar-refractivity contribution is -0.217. The summed E-state index contributed by atoms with van der Waals surface area (Å²) in [5, 5.41) is 33.3. The minimum absolute atomic E-state index is 0.0716. The summed E-state index contributed by atoms with van der Waals surface area (Å²) in [7, 11) is 0. The number of aliphatic carboxylic acids is 1. The third-order valence-electron chi connectivity index (χ3n) is 13.5. The van der Waals surface area contributed by atoms with Gasteiger partial charge < -0.3 is 15.3 Å². The van der Waals surface area contributed by atoms with Crippen molar-refractivity contribution in [2.75, 3.05) is 0 Å². The standard InChI is InChI=1S/C30H48O4/c1-18-10-15-30(24(32)33)17-16-27(5)19(23(30)29(18,7)34)8-9-21-26(4)13-12-22(31)25(2,3)20(26)11-14-28(21,27)6/h8,18,20-23,31,34H,9-17H2,1-7H3,(H,32,33)/t18-,20+,21-,22+,23-,26+,27-,28-,29+,30+/m1/s1. The van der Waals surface area contributed by atoms with Crippen LogP contribution in [0.2, 0.25) is 0 Å². The van der Waals surface area contributed by atoms with Gasteiger partial charge in [-0.1, -0.05) is 53.2 Å². The number of rotatable bonds is 1. The van der Waals surface area contributed by atoms with Gasteiger partial charge in [0, 0.05) is 5.92 Å². The molecule has 4 saturated carbocycles. The molecule has 4 heteroatoms. The molecule has 0 amide bonds. The molecule has 34 heavy (non-hydrogen) atoms. The number of hydrogen-bond acceptors (Lipinski definition) is 3. The van der Waals surface area contributed by atoms with Crippen molar-refractivity contribution in [2.24, 2.45) is 50.7 Å². The molecule has 3 N–H and O–H groups in total. The summed E-state index contributed by atoms with van der Waals surface area (Å²) in [6, 6.07) is 0. The number of aliphatic hydroxyl groups excluding tert-OH is 1. The summed E-state index contributed by atoms with van der Waals surface area (Å²) in [5.74, 6) is 0.0848. The van der Waals surface area contributed by atoms with Crippen LogP contribution in [0.25, 0.3) is 0 Å². The second-order valence-corrected chi connectivity index (χ2v) is 14.7. The molecule has 5 rings (SSSR count). The first-order valence-corrected chi connectivity index (χ1v) is 13.9. The van der Waals surface area contributed by atoms with Gasteiger partial charge in [-0.05, 0) is 104 Å². The lowest BCUT2D eigenvalue weighted by Gasteiger charge is -2.71. The van der Waals surface area contributed by atoms with Gasteiger partial charge in [0.05, 0.1) is 17.1 Å². The fourth-order valence-electron chi connectivity index (χ4n) is 10.8. The third-order valence-corrected chi connectivity index (χ3v) is 13.5. The SMILES string of the molecule is C[C@@H]1CC[C@]2(C(=O)O)CC[C@]3(C)C(=CC[C@@H]4[C@@]5(C)CC[C@H](O)C(C)(C)[C@@H]5CC[C@]43C)[C@@H]2[C@@]1(C)O. The Morgan fingerprint density at radius 2 is 1.59 bits per heavy atom. The second kappa shape index (κ2) is 7.12. The summed E-state index contributed by atoms with van der Waals surface area (Å²) in [4.78, 5) is 12.8. The predicted octanol–water partition coefficient (Wildman–Crippen LogP) is 6.20. The van der Waals surface area contributed by atoms with Crippen molar-refractivity contribution in [2.45, 2.75) is 118 Å². The molecule has 0 bridgehead atoms. The van der Waals surface area contributed by atoms with E-state index in [1.54, 1.807) is 0 Å². The van der Waals surface area contributed by atoms with Crippen LogP contribution in [-0.4, -0.2) is 33.0 Å². The number of aliphatic hydroxyl groups is 2. The maximum atomic E-state index is 12.8. The molecule has 5 aliphatic rings. The minimum atomic E-state index is -1.01. The Morgan fingerprint density at radius 3 is 2.24 bits per heavy atom. The Labute approximate surface area is 206 Å². The normalized spacial score (nSPS) is 56.3. The molecule has 0 unspecified atom stereocenters. The van der Waals surface area contributed by atoms with E-state index in [-0.39, 0.29) is 39.6 Å². The first kappa shape index (κ1) is 24.8. The maximum absolute atomic E-state index is 12.8. The van der Waals surface area contributed by atoms with E-state index in [2.05, 4.69) is 47.6 Å². The van der Waals surface area contributed by atoms with E-state index in [9.17, 15) is 20.1 Å². The smallest absolute Gasteiger partial charge is 0.310 e. The Bertz CT molecular complexity index is 919. The molecule has 0 aromatic rings. The lowest BCUT2D eigenvalue weighted by atomic mass is 9.33. The van der Waals surface area contributed by atoms with Gasteiger partial charge in [-0.2, -0.15) is 0 Å². The van der Waals surface area contributed by atoms with Crippen LogP contribution in [0.3, 0.4) is 0 Å². The Kier molecular flexibility index (Phi) is 5.20. The van der Waals surface area contributed by atoms with Crippen LogP contribution in [0.5, 0.6) is 0 Å². The number of carbonyl (C=O) groups is 1. The number of carboxylic acid groups (broad SMARTS) is 1. The largest absolute Gasteiger partial charge is 0.481 e. The van der Waals surface area contributed by atoms with Crippen LogP contribution < -0.4 is 0 Å². The molecule has 0 spiro atoms. The van der Waals surface area contributed by atoms with E-state index in [0.717, 1.165) is 44.9 Å². The molecule has 5 aliphatic carbocycles. The fourth-order valence-corrected chi connectivity index (χ4v) is 10.8. The molecule has 0 heterocycles. The zero-order valence-electron chi connectivity index (χ0n) is 22.6. The molecule has 0 aromatic carbocycles. The molecule has 0 saturated heterocycles. The van der Waals surface area contributed by atoms with Crippen LogP contribution in [0, 0.1) is 50.7 Å². The molecule has 4 fully saturated rings. The number of hydrogen-bond donors (Lipinski definition) is 3. The average molecular weight is 473 g/mol. The van der Waals surface area contributed by atoms with E-state index in [1.807, 2.05) is 6.92 Å². The van der Waals surface area contributed by atoms with Crippen molar-refractivity contribution >= 4 is 5.97 Å². The van der Waals surface area contributed by atoms with E-state index in [0.29, 0.717) is 24.7 Å². The van der Waals surface area contributed by atoms with Gasteiger partial charge in [0.25, 0.3) is 0 Å². The van der Waals surface area contributed by atoms with Gasteiger partial charge in [0.1, 0.15) is 0 Å². The molecular formula is C30H48O4. The first-order chi connectivity index (χ1) is 15.6. The Morgan fingerprint density at radius 1 is 0.912 bits per heavy atom. The highest BCUT2D eigenvalue weighted by atomic mass is 16.4. The quantitative estimate of drug-likeness (QED) is 0.397. The van der Waals surface area contributed by atoms with Crippen LogP contribution in [0.1, 0.15) is 106 Å². The minimum Gasteiger partial charge on any atom is -0.481 e. The van der Waals surface area contributed by atoms with E-state index in [4.69, 9.17) is 0 Å². The Hall–Kier alpha value is -0.870. The summed E-state index contributed by atoms with van der Waals surface area (Å²) in [5.41, 5.74) is -0.532. The van der Waals surface area contributed by atoms with Crippen molar-refractivity contribution in [3.8, 4) is 0 Å². The van der Waals surface area contributed by atoms with Gasteiger partial charge in [0.2, 0.25) is 0 Å². The number of allylic oxidation sites excluding steroid dienone is 1. The molecule has 0 aliphatic heterocycles. The summed E-state index contributed by atoms with van der Waals surface area (Å²) >= 11 is 0. The van der Waals surface area contributed by atoms with Crippen molar-refractivity contribution in [1.29, 1.82) is 0 Å². The van der Waals surface area contributed by atoms with Crippen LogP contribution >= 0.6 is 0 Å². The zero-order chi connectivity index (χ0) is 25.1. The monoisotopic (exact) mass is 472 g/mol. The molecule has 0 radical (unpaired) electrons. The highest BCUT2D eigenvalue weighted by molar-refractivity contribution is 5.77. The summed E-state index contributed by atoms with van der Waals surface area (Å²) in [6.45, 7) is 16.0. The topological polar surface area (TPSA) is 77.8 Å². The van der Waals surface area contributed by atoms with Gasteiger partial charge in [-0.3, -0.25) is 4.79 Å². The zero-order valence-corrected chi connectivity index (χ0v) is 22.6. The Balaban J connectivity index is 1.64. The van der Waals surface area contributed by atoms with Crippen molar-refractivity contribution in [3.63, 3.8) is 0 Å². The van der Waals surface area contributed by atoms with Gasteiger partial charge >= 0.3 is 5.97 Å². The maximum Gasteiger partial charge on any atom is 0.310 e. The van der Waals surface area contributed by atoms with E-state index < -0.39 is 17.0 Å². The van der Waals surface area contributed by atoms with Crippen molar-refractivity contribution in [1.82, 2.24) is 0 Å². The highest BCUT2D eigenvalue weighted by Gasteiger charge is 2.71. The summed E-state index contributed by atoms with van der Waals surface area (Å²) < 4.78 is 0. The molecule has 4 nitrogen and oxygen atoms in total. The number of fused-ring (bicyclic) bond motifs is 7. The van der Waals surface area contributed by atoms with Gasteiger partial charge in [0.15, 0.2) is 0 Å². The van der Waals surface area contributed by atoms with Crippen LogP contribution in [0.15, 0.2) is 11.6 Å². The molecule has 0 aromatic heterocycles. The molecule has 192 valence electrons. The fraction of sp³-hybridized carbons (Fsp3) is 0.900. The third kappa shape index (κ3) is 2.71. The van der Waals surface area contributed by atoms with Crippen molar-refractivity contribution in [3.05, 3.63) is 11.6 Å². The van der Waals surface area contributed by atoms with E-state index >= 15 is 0 Å². The summed E-state index contributed by atoms with van der Waals surface area (Å²) in [6.07, 6.45) is 10.3. The van der Waals surface area contributed by atoms with E-state index in [1.165, 1.54) is 5.57 Å². The van der Waals surface area contributed by atoms with Crippen LogP contribution in [0.4, 0.5) is 0 Å². The first-order valence-electron chi connectivity index (χ1n) is 13.9. The highest BCUT2D eigenvalue weighted by Crippen LogP contribution is 2.76. The predicted molar refractivity (Wildman–Crippen MR) is 134 cm³/mol.